The van der Waals surface area contributed by atoms with Crippen molar-refractivity contribution in [3.05, 3.63) is 0 Å². The van der Waals surface area contributed by atoms with E-state index < -0.39 is 5.60 Å². The predicted molar refractivity (Wildman–Crippen MR) is 53.3 cm³/mol. The summed E-state index contributed by atoms with van der Waals surface area (Å²) in [5.74, 6) is 0. The van der Waals surface area contributed by atoms with Crippen LogP contribution in [-0.4, -0.2) is 60.4 Å². The molecule has 2 unspecified atom stereocenters. The van der Waals surface area contributed by atoms with Gasteiger partial charge in [-0.05, 0) is 27.4 Å². The third-order valence-corrected chi connectivity index (χ3v) is 2.55. The van der Waals surface area contributed by atoms with Crippen LogP contribution < -0.4 is 5.73 Å². The second-order valence-electron chi connectivity index (χ2n) is 4.42. The second kappa shape index (κ2) is 3.92. The van der Waals surface area contributed by atoms with Crippen LogP contribution in [0.4, 0.5) is 0 Å². The molecule has 2 atom stereocenters. The summed E-state index contributed by atoms with van der Waals surface area (Å²) < 4.78 is 0. The quantitative estimate of drug-likeness (QED) is 0.613. The summed E-state index contributed by atoms with van der Waals surface area (Å²) in [5, 5.41) is 10.1. The lowest BCUT2D eigenvalue weighted by Crippen LogP contribution is -2.45. The van der Waals surface area contributed by atoms with Crippen LogP contribution in [0.15, 0.2) is 0 Å². The lowest BCUT2D eigenvalue weighted by Gasteiger charge is -2.27. The van der Waals surface area contributed by atoms with E-state index in [0.717, 1.165) is 19.5 Å². The molecule has 78 valence electrons. The molecule has 1 heterocycles. The summed E-state index contributed by atoms with van der Waals surface area (Å²) in [4.78, 5) is 4.13. The summed E-state index contributed by atoms with van der Waals surface area (Å²) in [7, 11) is 3.96. The third-order valence-electron chi connectivity index (χ3n) is 2.55. The minimum atomic E-state index is -0.558. The Hall–Kier alpha value is -0.160. The number of rotatable bonds is 3. The molecule has 1 fully saturated rings. The Bertz CT molecular complexity index is 172. The van der Waals surface area contributed by atoms with Crippen LogP contribution in [0.25, 0.3) is 0 Å². The van der Waals surface area contributed by atoms with Gasteiger partial charge in [-0.3, -0.25) is 4.90 Å². The van der Waals surface area contributed by atoms with E-state index in [1.54, 1.807) is 0 Å². The molecule has 1 aliphatic heterocycles. The Morgan fingerprint density at radius 1 is 1.62 bits per heavy atom. The number of hydrogen-bond acceptors (Lipinski definition) is 4. The maximum Gasteiger partial charge on any atom is 0.0912 e. The normalized spacial score (nSPS) is 32.8. The molecule has 0 aromatic rings. The molecule has 0 aromatic heterocycles. The predicted octanol–water partition coefficient (Wildman–Crippen LogP) is -0.710. The zero-order valence-electron chi connectivity index (χ0n) is 8.82. The van der Waals surface area contributed by atoms with E-state index in [1.807, 2.05) is 25.9 Å². The van der Waals surface area contributed by atoms with E-state index in [2.05, 4.69) is 4.90 Å². The van der Waals surface area contributed by atoms with Crippen LogP contribution in [0.2, 0.25) is 0 Å². The molecule has 1 saturated heterocycles. The molecule has 1 aliphatic rings. The number of nitrogens with two attached hydrogens (primary N) is 1. The monoisotopic (exact) mass is 187 g/mol. The lowest BCUT2D eigenvalue weighted by molar-refractivity contribution is 0.0214. The Kier molecular flexibility index (Phi) is 3.29. The molecule has 0 bridgehead atoms. The molecule has 0 radical (unpaired) electrons. The number of β-amino-alcohol motifs (C(OH)–C–C–N with tert-alkyl or cyclic N) is 1. The van der Waals surface area contributed by atoms with Gasteiger partial charge in [0.2, 0.25) is 0 Å². The average Bonchev–Trinajstić information content (AvgIpc) is 2.29. The highest BCUT2D eigenvalue weighted by molar-refractivity contribution is 4.92. The summed E-state index contributed by atoms with van der Waals surface area (Å²) in [6.07, 6.45) is 0.878. The van der Waals surface area contributed by atoms with Crippen LogP contribution in [0.5, 0.6) is 0 Å². The number of nitrogens with zero attached hydrogens (tertiary/aromatic N) is 2. The van der Waals surface area contributed by atoms with E-state index in [1.165, 1.54) is 0 Å². The molecule has 0 saturated carbocycles. The standard InChI is InChI=1S/C9H21N3O/c1-8(10)12-5-4-9(13,7-12)6-11(2)3/h8,13H,4-7,10H2,1-3H3. The van der Waals surface area contributed by atoms with Crippen LogP contribution in [0, 0.1) is 0 Å². The Balaban J connectivity index is 2.46. The van der Waals surface area contributed by atoms with Gasteiger partial charge < -0.3 is 15.7 Å². The summed E-state index contributed by atoms with van der Waals surface area (Å²) in [6.45, 7) is 4.28. The number of likely N-dealkylation sites (tertiary alicyclic amines) is 1. The van der Waals surface area contributed by atoms with Crippen LogP contribution in [0.1, 0.15) is 13.3 Å². The summed E-state index contributed by atoms with van der Waals surface area (Å²) in [6, 6.07) is 0. The first-order chi connectivity index (χ1) is 5.93. The molecule has 1 rings (SSSR count). The average molecular weight is 187 g/mol. The van der Waals surface area contributed by atoms with Gasteiger partial charge in [0.15, 0.2) is 0 Å². The third kappa shape index (κ3) is 2.91. The van der Waals surface area contributed by atoms with Gasteiger partial charge in [-0.1, -0.05) is 0 Å². The minimum Gasteiger partial charge on any atom is -0.387 e. The van der Waals surface area contributed by atoms with Gasteiger partial charge in [-0.15, -0.1) is 0 Å². The molecule has 0 aliphatic carbocycles. The van der Waals surface area contributed by atoms with E-state index in [-0.39, 0.29) is 6.17 Å². The van der Waals surface area contributed by atoms with E-state index >= 15 is 0 Å². The fraction of sp³-hybridized carbons (Fsp3) is 1.00. The van der Waals surface area contributed by atoms with Crippen molar-refractivity contribution in [1.82, 2.24) is 9.80 Å². The Labute approximate surface area is 80.3 Å². The fourth-order valence-electron chi connectivity index (χ4n) is 1.95. The molecule has 4 nitrogen and oxygen atoms in total. The van der Waals surface area contributed by atoms with Gasteiger partial charge in [-0.25, -0.2) is 0 Å². The van der Waals surface area contributed by atoms with Gasteiger partial charge in [0.05, 0.1) is 11.8 Å². The van der Waals surface area contributed by atoms with Crippen LogP contribution in [-0.2, 0) is 0 Å². The van der Waals surface area contributed by atoms with Crippen LogP contribution in [0.3, 0.4) is 0 Å². The van der Waals surface area contributed by atoms with Gasteiger partial charge in [-0.2, -0.15) is 0 Å². The Morgan fingerprint density at radius 2 is 2.23 bits per heavy atom. The van der Waals surface area contributed by atoms with Crippen molar-refractivity contribution in [2.45, 2.75) is 25.1 Å². The molecule has 0 aromatic carbocycles. The number of hydrogen-bond donors (Lipinski definition) is 2. The topological polar surface area (TPSA) is 52.7 Å². The van der Waals surface area contributed by atoms with Crippen molar-refractivity contribution in [2.75, 3.05) is 33.7 Å². The Morgan fingerprint density at radius 3 is 2.62 bits per heavy atom. The SMILES string of the molecule is CC(N)N1CCC(O)(CN(C)C)C1. The van der Waals surface area contributed by atoms with Crippen molar-refractivity contribution in [3.8, 4) is 0 Å². The number of likely N-dealkylation sites (N-methyl/N-ethyl adjacent to an activating group) is 1. The largest absolute Gasteiger partial charge is 0.387 e. The highest BCUT2D eigenvalue weighted by Gasteiger charge is 2.37. The molecular formula is C9H21N3O. The lowest BCUT2D eigenvalue weighted by atomic mass is 10.0. The van der Waals surface area contributed by atoms with Crippen molar-refractivity contribution in [1.29, 1.82) is 0 Å². The van der Waals surface area contributed by atoms with Gasteiger partial charge >= 0.3 is 0 Å². The van der Waals surface area contributed by atoms with Crippen molar-refractivity contribution >= 4 is 0 Å². The maximum absolute atomic E-state index is 10.1. The van der Waals surface area contributed by atoms with Crippen molar-refractivity contribution < 1.29 is 5.11 Å². The minimum absolute atomic E-state index is 0.0520. The number of aliphatic hydroxyl groups is 1. The highest BCUT2D eigenvalue weighted by atomic mass is 16.3. The fourth-order valence-corrected chi connectivity index (χ4v) is 1.95. The van der Waals surface area contributed by atoms with Gasteiger partial charge in [0.25, 0.3) is 0 Å². The second-order valence-corrected chi connectivity index (χ2v) is 4.42. The molecular weight excluding hydrogens is 166 g/mol. The zero-order valence-corrected chi connectivity index (χ0v) is 8.82. The molecule has 13 heavy (non-hydrogen) atoms. The van der Waals surface area contributed by atoms with Gasteiger partial charge in [0.1, 0.15) is 0 Å². The maximum atomic E-state index is 10.1. The van der Waals surface area contributed by atoms with E-state index in [9.17, 15) is 5.11 Å². The van der Waals surface area contributed by atoms with Crippen LogP contribution >= 0.6 is 0 Å². The first-order valence-corrected chi connectivity index (χ1v) is 4.80. The smallest absolute Gasteiger partial charge is 0.0912 e. The molecule has 0 spiro atoms. The first-order valence-electron chi connectivity index (χ1n) is 4.80. The van der Waals surface area contributed by atoms with E-state index in [4.69, 9.17) is 5.73 Å². The summed E-state index contributed by atoms with van der Waals surface area (Å²) >= 11 is 0. The summed E-state index contributed by atoms with van der Waals surface area (Å²) in [5.41, 5.74) is 5.19. The van der Waals surface area contributed by atoms with Crippen molar-refractivity contribution in [2.24, 2.45) is 5.73 Å². The first kappa shape index (κ1) is 10.9. The molecule has 3 N–H and O–H groups in total. The van der Waals surface area contributed by atoms with E-state index in [0.29, 0.717) is 6.54 Å². The molecule has 0 amide bonds. The molecule has 4 heteroatoms. The highest BCUT2D eigenvalue weighted by Crippen LogP contribution is 2.22. The zero-order chi connectivity index (χ0) is 10.1. The van der Waals surface area contributed by atoms with Crippen molar-refractivity contribution in [3.63, 3.8) is 0 Å². The van der Waals surface area contributed by atoms with Gasteiger partial charge in [0, 0.05) is 19.6 Å².